The van der Waals surface area contributed by atoms with E-state index in [2.05, 4.69) is 37.8 Å². The highest BCUT2D eigenvalue weighted by atomic mass is 16.5. The Kier molecular flexibility index (Phi) is 6.10. The predicted molar refractivity (Wildman–Crippen MR) is 155 cm³/mol. The average Bonchev–Trinajstić information content (AvgIpc) is 3.66. The molecule has 7 rings (SSSR count). The third-order valence-electron chi connectivity index (χ3n) is 10.4. The van der Waals surface area contributed by atoms with Gasteiger partial charge in [0.05, 0.1) is 17.1 Å². The molecule has 1 spiro atoms. The van der Waals surface area contributed by atoms with Crippen LogP contribution in [0.3, 0.4) is 0 Å². The Bertz CT molecular complexity index is 1370. The molecule has 6 nitrogen and oxygen atoms in total. The van der Waals surface area contributed by atoms with Gasteiger partial charge in [-0.1, -0.05) is 49.7 Å². The molecule has 40 heavy (non-hydrogen) atoms. The summed E-state index contributed by atoms with van der Waals surface area (Å²) in [6.07, 6.45) is 8.65. The second-order valence-electron chi connectivity index (χ2n) is 13.5. The smallest absolute Gasteiger partial charge is 0.246 e. The van der Waals surface area contributed by atoms with Crippen molar-refractivity contribution in [3.8, 4) is 11.5 Å². The van der Waals surface area contributed by atoms with Crippen molar-refractivity contribution in [3.05, 3.63) is 64.7 Å². The molecule has 6 heteroatoms. The first-order valence-corrected chi connectivity index (χ1v) is 15.2. The Hall–Kier alpha value is -2.83. The van der Waals surface area contributed by atoms with Crippen LogP contribution in [0.1, 0.15) is 68.2 Å². The minimum atomic E-state index is -0.947. The number of phenols is 1. The lowest BCUT2D eigenvalue weighted by Crippen LogP contribution is -2.78. The van der Waals surface area contributed by atoms with E-state index in [1.54, 1.807) is 12.1 Å². The lowest BCUT2D eigenvalue weighted by Gasteiger charge is -2.65. The number of rotatable bonds is 7. The number of piperidine rings is 1. The molecular formula is C34H42N2O4. The van der Waals surface area contributed by atoms with Crippen LogP contribution in [0.2, 0.25) is 0 Å². The zero-order valence-corrected chi connectivity index (χ0v) is 24.0. The third-order valence-corrected chi connectivity index (χ3v) is 10.4. The Morgan fingerprint density at radius 2 is 2.02 bits per heavy atom. The van der Waals surface area contributed by atoms with Crippen molar-refractivity contribution in [2.75, 3.05) is 19.6 Å². The van der Waals surface area contributed by atoms with Crippen LogP contribution in [-0.2, 0) is 16.6 Å². The molecule has 1 amide bonds. The molecule has 2 heterocycles. The number of carbonyl (C=O) groups excluding carboxylic acids is 1. The predicted octanol–water partition coefficient (Wildman–Crippen LogP) is 4.83. The summed E-state index contributed by atoms with van der Waals surface area (Å²) in [5, 5.41) is 23.8. The maximum atomic E-state index is 13.9. The Balaban J connectivity index is 1.28. The molecule has 5 atom stereocenters. The van der Waals surface area contributed by atoms with E-state index in [-0.39, 0.29) is 29.7 Å². The second-order valence-corrected chi connectivity index (χ2v) is 13.5. The largest absolute Gasteiger partial charge is 0.504 e. The molecule has 2 aliphatic heterocycles. The zero-order chi connectivity index (χ0) is 27.8. The number of likely N-dealkylation sites (tertiary alicyclic amines) is 1. The summed E-state index contributed by atoms with van der Waals surface area (Å²) >= 11 is 0. The van der Waals surface area contributed by atoms with Gasteiger partial charge in [0.15, 0.2) is 11.5 Å². The van der Waals surface area contributed by atoms with Crippen molar-refractivity contribution >= 4 is 12.0 Å². The summed E-state index contributed by atoms with van der Waals surface area (Å²) in [4.78, 5) is 18.5. The molecular weight excluding hydrogens is 500 g/mol. The molecule has 2 unspecified atom stereocenters. The number of aliphatic hydroxyl groups is 1. The van der Waals surface area contributed by atoms with Crippen molar-refractivity contribution in [2.24, 2.45) is 11.8 Å². The van der Waals surface area contributed by atoms with Crippen LogP contribution in [0.15, 0.2) is 42.5 Å². The molecule has 2 aromatic rings. The number of phenolic OH excluding ortho intramolecular Hbond substituents is 1. The van der Waals surface area contributed by atoms with Gasteiger partial charge in [0.2, 0.25) is 5.91 Å². The van der Waals surface area contributed by atoms with E-state index in [0.29, 0.717) is 25.1 Å². The lowest BCUT2D eigenvalue weighted by atomic mass is 9.48. The van der Waals surface area contributed by atoms with E-state index in [9.17, 15) is 15.0 Å². The quantitative estimate of drug-likeness (QED) is 0.491. The highest BCUT2D eigenvalue weighted by Gasteiger charge is 2.73. The van der Waals surface area contributed by atoms with Gasteiger partial charge in [-0.05, 0) is 87.1 Å². The van der Waals surface area contributed by atoms with Gasteiger partial charge >= 0.3 is 0 Å². The fraction of sp³-hybridized carbons (Fsp3) is 0.559. The lowest BCUT2D eigenvalue weighted by molar-refractivity contribution is -0.201. The monoisotopic (exact) mass is 542 g/mol. The summed E-state index contributed by atoms with van der Waals surface area (Å²) in [5.41, 5.74) is 2.79. The van der Waals surface area contributed by atoms with Crippen LogP contribution in [-0.4, -0.2) is 69.3 Å². The van der Waals surface area contributed by atoms with Gasteiger partial charge in [0.25, 0.3) is 0 Å². The summed E-state index contributed by atoms with van der Waals surface area (Å²) in [5.74, 6) is 1.69. The van der Waals surface area contributed by atoms with Crippen LogP contribution in [0.4, 0.5) is 0 Å². The fourth-order valence-electron chi connectivity index (χ4n) is 8.59. The number of benzene rings is 2. The van der Waals surface area contributed by atoms with E-state index in [0.717, 1.165) is 48.5 Å². The highest BCUT2D eigenvalue weighted by molar-refractivity contribution is 5.92. The van der Waals surface area contributed by atoms with Gasteiger partial charge in [-0.3, -0.25) is 9.69 Å². The van der Waals surface area contributed by atoms with Crippen LogP contribution < -0.4 is 4.74 Å². The number of aryl methyl sites for hydroxylation is 1. The molecule has 212 valence electrons. The Morgan fingerprint density at radius 1 is 1.20 bits per heavy atom. The number of carbonyl (C=O) groups is 1. The van der Waals surface area contributed by atoms with Gasteiger partial charge in [0.1, 0.15) is 6.10 Å². The molecule has 1 saturated heterocycles. The van der Waals surface area contributed by atoms with Crippen molar-refractivity contribution in [1.82, 2.24) is 9.80 Å². The summed E-state index contributed by atoms with van der Waals surface area (Å²) in [6.45, 7) is 8.92. The standard InChI is InChI=1S/C34H42N2O4/c1-21(2)19-36(29(38)12-9-23-6-4-5-22(3)17-23)26-13-14-34(39)28-18-25-10-11-27(37)31-30(25)33(34,32(26)40-31)15-16-35(28)20-24-7-8-24/h4-6,9-12,17,21,24,26,28,32,37,39H,7-8,13-16,18-20H2,1-3H3/b12-9+/t26?,28-,32?,33+,34-/m1/s1. The zero-order valence-electron chi connectivity index (χ0n) is 24.0. The van der Waals surface area contributed by atoms with Crippen LogP contribution in [0.25, 0.3) is 6.08 Å². The van der Waals surface area contributed by atoms with Crippen molar-refractivity contribution < 1.29 is 19.7 Å². The molecule has 2 aromatic carbocycles. The molecule has 3 aliphatic carbocycles. The van der Waals surface area contributed by atoms with Crippen LogP contribution in [0.5, 0.6) is 11.5 Å². The van der Waals surface area contributed by atoms with Gasteiger partial charge in [-0.15, -0.1) is 0 Å². The summed E-state index contributed by atoms with van der Waals surface area (Å²) in [7, 11) is 0. The first-order valence-electron chi connectivity index (χ1n) is 15.2. The van der Waals surface area contributed by atoms with Gasteiger partial charge in [-0.25, -0.2) is 0 Å². The molecule has 2 bridgehead atoms. The summed E-state index contributed by atoms with van der Waals surface area (Å²) < 4.78 is 6.76. The average molecular weight is 543 g/mol. The normalized spacial score (nSPS) is 32.3. The molecule has 3 fully saturated rings. The van der Waals surface area contributed by atoms with Crippen molar-refractivity contribution in [3.63, 3.8) is 0 Å². The maximum absolute atomic E-state index is 13.9. The first-order chi connectivity index (χ1) is 19.2. The van der Waals surface area contributed by atoms with Crippen molar-refractivity contribution in [1.29, 1.82) is 0 Å². The van der Waals surface area contributed by atoms with Gasteiger partial charge in [-0.2, -0.15) is 0 Å². The topological polar surface area (TPSA) is 73.2 Å². The minimum absolute atomic E-state index is 0.0235. The minimum Gasteiger partial charge on any atom is -0.504 e. The van der Waals surface area contributed by atoms with E-state index < -0.39 is 17.1 Å². The van der Waals surface area contributed by atoms with E-state index >= 15 is 0 Å². The van der Waals surface area contributed by atoms with E-state index in [1.165, 1.54) is 18.4 Å². The van der Waals surface area contributed by atoms with Crippen LogP contribution >= 0.6 is 0 Å². The third kappa shape index (κ3) is 3.86. The number of nitrogens with zero attached hydrogens (tertiary/aromatic N) is 2. The number of amides is 1. The van der Waals surface area contributed by atoms with Crippen molar-refractivity contribution in [2.45, 2.75) is 88.5 Å². The SMILES string of the molecule is Cc1cccc(/C=C/C(=O)N(CC(C)C)C2CC[C@@]3(O)[C@H]4Cc5ccc(O)c6c5[C@@]3(CCN4CC3CC3)C2O6)c1. The first kappa shape index (κ1) is 26.1. The fourth-order valence-corrected chi connectivity index (χ4v) is 8.59. The highest BCUT2D eigenvalue weighted by Crippen LogP contribution is 2.66. The maximum Gasteiger partial charge on any atom is 0.246 e. The number of ether oxygens (including phenoxy) is 1. The Morgan fingerprint density at radius 3 is 2.77 bits per heavy atom. The molecule has 0 aromatic heterocycles. The molecule has 2 saturated carbocycles. The molecule has 0 radical (unpaired) electrons. The molecule has 2 N–H and O–H groups in total. The van der Waals surface area contributed by atoms with Gasteiger partial charge in [0, 0.05) is 30.8 Å². The number of hydrogen-bond donors (Lipinski definition) is 2. The second kappa shape index (κ2) is 9.35. The Labute approximate surface area is 237 Å². The van der Waals surface area contributed by atoms with Gasteiger partial charge < -0.3 is 19.8 Å². The van der Waals surface area contributed by atoms with Crippen LogP contribution in [0, 0.1) is 18.8 Å². The van der Waals surface area contributed by atoms with E-state index in [4.69, 9.17) is 4.74 Å². The number of aromatic hydroxyl groups is 1. The summed E-state index contributed by atoms with van der Waals surface area (Å²) in [6, 6.07) is 11.8. The van der Waals surface area contributed by atoms with E-state index in [1.807, 2.05) is 29.2 Å². The number of hydrogen-bond acceptors (Lipinski definition) is 5. The molecule has 5 aliphatic rings.